The summed E-state index contributed by atoms with van der Waals surface area (Å²) >= 11 is 5.93. The van der Waals surface area contributed by atoms with Crippen LogP contribution in [-0.2, 0) is 5.41 Å². The number of hydrogen-bond donors (Lipinski definition) is 0. The van der Waals surface area contributed by atoms with E-state index in [0.717, 1.165) is 30.5 Å². The largest absolute Gasteiger partial charge is 0.237 e. The molecule has 2 heterocycles. The third kappa shape index (κ3) is 1.07. The van der Waals surface area contributed by atoms with Gasteiger partial charge in [0.1, 0.15) is 0 Å². The maximum Gasteiger partial charge on any atom is 0.156 e. The SMILES string of the molecule is N#CC1CC2(CC2)c2c1cnc1cc(Cl)nn21. The Hall–Kier alpha value is -1.60. The number of hydrogen-bond acceptors (Lipinski definition) is 3. The van der Waals surface area contributed by atoms with Crippen molar-refractivity contribution >= 4 is 17.2 Å². The molecule has 2 aliphatic carbocycles. The van der Waals surface area contributed by atoms with Crippen molar-refractivity contribution in [3.8, 4) is 6.07 Å². The van der Waals surface area contributed by atoms with Crippen LogP contribution in [0.1, 0.15) is 36.4 Å². The van der Waals surface area contributed by atoms with E-state index in [1.54, 1.807) is 6.07 Å². The number of aromatic nitrogens is 3. The molecule has 0 saturated heterocycles. The smallest absolute Gasteiger partial charge is 0.156 e. The first kappa shape index (κ1) is 9.43. The highest BCUT2D eigenvalue weighted by Gasteiger charge is 2.54. The molecule has 1 spiro atoms. The molecule has 5 heteroatoms. The number of nitrogens with zero attached hydrogens (tertiary/aromatic N) is 4. The van der Waals surface area contributed by atoms with Crippen molar-refractivity contribution in [1.82, 2.24) is 14.6 Å². The summed E-state index contributed by atoms with van der Waals surface area (Å²) in [7, 11) is 0. The molecule has 4 nitrogen and oxygen atoms in total. The summed E-state index contributed by atoms with van der Waals surface area (Å²) < 4.78 is 1.84. The molecular weight excluding hydrogens is 236 g/mol. The maximum absolute atomic E-state index is 9.22. The number of fused-ring (bicyclic) bond motifs is 4. The summed E-state index contributed by atoms with van der Waals surface area (Å²) in [6.07, 6.45) is 5.03. The monoisotopic (exact) mass is 244 g/mol. The van der Waals surface area contributed by atoms with Gasteiger partial charge in [0.2, 0.25) is 0 Å². The molecule has 1 atom stereocenters. The summed E-state index contributed by atoms with van der Waals surface area (Å²) in [6.45, 7) is 0. The van der Waals surface area contributed by atoms with Crippen molar-refractivity contribution in [3.05, 3.63) is 28.7 Å². The van der Waals surface area contributed by atoms with Gasteiger partial charge in [-0.15, -0.1) is 0 Å². The molecule has 1 fully saturated rings. The van der Waals surface area contributed by atoms with Crippen molar-refractivity contribution in [2.45, 2.75) is 30.6 Å². The molecule has 84 valence electrons. The van der Waals surface area contributed by atoms with Crippen LogP contribution in [0.3, 0.4) is 0 Å². The van der Waals surface area contributed by atoms with Crippen molar-refractivity contribution in [3.63, 3.8) is 0 Å². The molecule has 4 rings (SSSR count). The lowest BCUT2D eigenvalue weighted by atomic mass is 10.0. The van der Waals surface area contributed by atoms with Gasteiger partial charge in [-0.25, -0.2) is 9.50 Å². The van der Waals surface area contributed by atoms with Gasteiger partial charge in [-0.05, 0) is 19.3 Å². The lowest BCUT2D eigenvalue weighted by Gasteiger charge is -2.08. The van der Waals surface area contributed by atoms with E-state index >= 15 is 0 Å². The van der Waals surface area contributed by atoms with Gasteiger partial charge in [-0.1, -0.05) is 11.6 Å². The zero-order valence-electron chi connectivity index (χ0n) is 9.02. The van der Waals surface area contributed by atoms with Crippen LogP contribution in [0, 0.1) is 11.3 Å². The summed E-state index contributed by atoms with van der Waals surface area (Å²) in [4.78, 5) is 4.33. The molecule has 1 unspecified atom stereocenters. The van der Waals surface area contributed by atoms with E-state index in [1.807, 2.05) is 10.7 Å². The highest BCUT2D eigenvalue weighted by atomic mass is 35.5. The van der Waals surface area contributed by atoms with E-state index in [0.29, 0.717) is 5.15 Å². The minimum Gasteiger partial charge on any atom is -0.237 e. The molecule has 2 aromatic rings. The van der Waals surface area contributed by atoms with Gasteiger partial charge in [0.05, 0.1) is 17.7 Å². The van der Waals surface area contributed by atoms with Gasteiger partial charge in [-0.2, -0.15) is 10.4 Å². The van der Waals surface area contributed by atoms with Crippen LogP contribution in [0.25, 0.3) is 5.65 Å². The van der Waals surface area contributed by atoms with E-state index in [1.165, 1.54) is 5.69 Å². The van der Waals surface area contributed by atoms with Gasteiger partial charge >= 0.3 is 0 Å². The van der Waals surface area contributed by atoms with Gasteiger partial charge in [0.15, 0.2) is 10.8 Å². The Kier molecular flexibility index (Phi) is 1.55. The summed E-state index contributed by atoms with van der Waals surface area (Å²) in [5.74, 6) is -0.0348. The van der Waals surface area contributed by atoms with Crippen LogP contribution >= 0.6 is 11.6 Å². The second kappa shape index (κ2) is 2.80. The predicted octanol–water partition coefficient (Wildman–Crippen LogP) is 2.43. The highest BCUT2D eigenvalue weighted by molar-refractivity contribution is 6.29. The Bertz CT molecular complexity index is 678. The van der Waals surface area contributed by atoms with Crippen LogP contribution in [0.4, 0.5) is 0 Å². The van der Waals surface area contributed by atoms with Crippen molar-refractivity contribution in [2.24, 2.45) is 0 Å². The quantitative estimate of drug-likeness (QED) is 0.715. The third-order valence-corrected chi connectivity index (χ3v) is 4.15. The van der Waals surface area contributed by atoms with Crippen LogP contribution in [-0.4, -0.2) is 14.6 Å². The molecule has 0 N–H and O–H groups in total. The Labute approximate surface area is 103 Å². The molecule has 17 heavy (non-hydrogen) atoms. The van der Waals surface area contributed by atoms with Gasteiger partial charge < -0.3 is 0 Å². The lowest BCUT2D eigenvalue weighted by molar-refractivity contribution is 0.620. The average Bonchev–Trinajstić information content (AvgIpc) is 2.86. The predicted molar refractivity (Wildman–Crippen MR) is 61.9 cm³/mol. The first-order valence-electron chi connectivity index (χ1n) is 5.68. The van der Waals surface area contributed by atoms with E-state index in [4.69, 9.17) is 11.6 Å². The van der Waals surface area contributed by atoms with E-state index in [2.05, 4.69) is 16.2 Å². The lowest BCUT2D eigenvalue weighted by Crippen LogP contribution is -2.09. The Balaban J connectivity index is 2.10. The fourth-order valence-corrected chi connectivity index (χ4v) is 3.18. The van der Waals surface area contributed by atoms with Crippen molar-refractivity contribution in [1.29, 1.82) is 5.26 Å². The summed E-state index contributed by atoms with van der Waals surface area (Å²) in [5, 5.41) is 14.0. The number of rotatable bonds is 0. The zero-order chi connectivity index (χ0) is 11.6. The minimum absolute atomic E-state index is 0.0348. The fourth-order valence-electron chi connectivity index (χ4n) is 3.01. The first-order valence-corrected chi connectivity index (χ1v) is 6.06. The van der Waals surface area contributed by atoms with Gasteiger partial charge in [-0.3, -0.25) is 0 Å². The molecule has 2 aliphatic rings. The van der Waals surface area contributed by atoms with E-state index in [-0.39, 0.29) is 11.3 Å². The molecule has 1 saturated carbocycles. The maximum atomic E-state index is 9.22. The van der Waals surface area contributed by atoms with Crippen molar-refractivity contribution < 1.29 is 0 Å². The average molecular weight is 245 g/mol. The molecule has 0 amide bonds. The summed E-state index contributed by atoms with van der Waals surface area (Å²) in [6, 6.07) is 4.13. The Morgan fingerprint density at radius 3 is 3.06 bits per heavy atom. The van der Waals surface area contributed by atoms with Crippen LogP contribution in [0.5, 0.6) is 0 Å². The van der Waals surface area contributed by atoms with Crippen molar-refractivity contribution in [2.75, 3.05) is 0 Å². The highest BCUT2D eigenvalue weighted by Crippen LogP contribution is 2.60. The van der Waals surface area contributed by atoms with Crippen LogP contribution < -0.4 is 0 Å². The topological polar surface area (TPSA) is 54.0 Å². The molecule has 2 aromatic heterocycles. The molecular formula is C12H9ClN4. The third-order valence-electron chi connectivity index (χ3n) is 3.96. The van der Waals surface area contributed by atoms with Gasteiger partial charge in [0.25, 0.3) is 0 Å². The standard InChI is InChI=1S/C12H9ClN4/c13-9-3-10-15-6-8-7(5-14)4-12(1-2-12)11(8)17(10)16-9/h3,6-7H,1-2,4H2. The molecule has 0 aromatic carbocycles. The summed E-state index contributed by atoms with van der Waals surface area (Å²) in [5.41, 5.74) is 3.16. The Morgan fingerprint density at radius 2 is 2.35 bits per heavy atom. The Morgan fingerprint density at radius 1 is 1.53 bits per heavy atom. The minimum atomic E-state index is -0.0348. The second-order valence-electron chi connectivity index (χ2n) is 4.97. The zero-order valence-corrected chi connectivity index (χ0v) is 9.78. The van der Waals surface area contributed by atoms with Crippen LogP contribution in [0.2, 0.25) is 5.15 Å². The molecule has 0 aliphatic heterocycles. The molecule has 0 radical (unpaired) electrons. The van der Waals surface area contributed by atoms with E-state index < -0.39 is 0 Å². The second-order valence-corrected chi connectivity index (χ2v) is 5.35. The van der Waals surface area contributed by atoms with Gasteiger partial charge in [0, 0.05) is 23.2 Å². The first-order chi connectivity index (χ1) is 8.23. The number of halogens is 1. The van der Waals surface area contributed by atoms with Crippen LogP contribution in [0.15, 0.2) is 12.3 Å². The normalized spacial score (nSPS) is 23.9. The fraction of sp³-hybridized carbons (Fsp3) is 0.417. The van der Waals surface area contributed by atoms with E-state index in [9.17, 15) is 5.26 Å². The number of nitriles is 1. The molecule has 0 bridgehead atoms.